The summed E-state index contributed by atoms with van der Waals surface area (Å²) in [4.78, 5) is 31.9. The number of para-hydroxylation sites is 1. The van der Waals surface area contributed by atoms with Gasteiger partial charge in [-0.3, -0.25) is 9.59 Å². The number of nitrogens with zero attached hydrogens (tertiary/aromatic N) is 4. The van der Waals surface area contributed by atoms with Crippen LogP contribution in [0.4, 0.5) is 0 Å². The molecule has 0 aliphatic carbocycles. The Hall–Kier alpha value is -4.13. The van der Waals surface area contributed by atoms with E-state index < -0.39 is 0 Å². The zero-order valence-corrected chi connectivity index (χ0v) is 18.3. The monoisotopic (exact) mass is 440 g/mol. The van der Waals surface area contributed by atoms with Crippen molar-refractivity contribution in [2.45, 2.75) is 13.5 Å². The number of fused-ring (bicyclic) bond motifs is 1. The molecule has 33 heavy (non-hydrogen) atoms. The van der Waals surface area contributed by atoms with Gasteiger partial charge in [-0.05, 0) is 30.7 Å². The molecule has 0 saturated heterocycles. The van der Waals surface area contributed by atoms with Crippen LogP contribution in [-0.2, 0) is 6.54 Å². The topological polar surface area (TPSA) is 69.4 Å². The van der Waals surface area contributed by atoms with Gasteiger partial charge in [0.15, 0.2) is 0 Å². The van der Waals surface area contributed by atoms with Crippen LogP contribution in [0, 0.1) is 6.92 Å². The van der Waals surface area contributed by atoms with Gasteiger partial charge >= 0.3 is 0 Å². The van der Waals surface area contributed by atoms with Gasteiger partial charge in [0.2, 0.25) is 0 Å². The summed E-state index contributed by atoms with van der Waals surface area (Å²) in [7, 11) is 0. The van der Waals surface area contributed by atoms with E-state index >= 15 is 0 Å². The van der Waals surface area contributed by atoms with Crippen molar-refractivity contribution >= 4 is 5.91 Å². The molecule has 1 aliphatic heterocycles. The summed E-state index contributed by atoms with van der Waals surface area (Å²) in [5.41, 5.74) is 3.62. The van der Waals surface area contributed by atoms with E-state index in [4.69, 9.17) is 4.74 Å². The molecule has 0 atom stereocenters. The normalized spacial score (nSPS) is 13.1. The van der Waals surface area contributed by atoms with Crippen molar-refractivity contribution in [1.29, 1.82) is 0 Å². The number of hydrogen-bond donors (Lipinski definition) is 0. The molecule has 166 valence electrons. The Morgan fingerprint density at radius 2 is 1.73 bits per heavy atom. The van der Waals surface area contributed by atoms with Crippen molar-refractivity contribution in [2.75, 3.05) is 19.7 Å². The first-order chi connectivity index (χ1) is 16.1. The third-order valence-electron chi connectivity index (χ3n) is 5.83. The van der Waals surface area contributed by atoms with E-state index in [1.165, 1.54) is 0 Å². The summed E-state index contributed by atoms with van der Waals surface area (Å²) in [6.07, 6.45) is 3.41. The van der Waals surface area contributed by atoms with Crippen molar-refractivity contribution in [2.24, 2.45) is 0 Å². The minimum atomic E-state index is -0.189. The van der Waals surface area contributed by atoms with Crippen LogP contribution in [0.3, 0.4) is 0 Å². The fraction of sp³-hybridized carbons (Fsp3) is 0.192. The molecular weight excluding hydrogens is 416 g/mol. The molecule has 2 aromatic heterocycles. The van der Waals surface area contributed by atoms with E-state index in [0.29, 0.717) is 37.6 Å². The second-order valence-electron chi connectivity index (χ2n) is 7.99. The molecule has 0 saturated carbocycles. The molecule has 7 heteroatoms. The van der Waals surface area contributed by atoms with E-state index in [1.807, 2.05) is 61.5 Å². The number of benzene rings is 2. The number of carbonyl (C=O) groups is 1. The van der Waals surface area contributed by atoms with Gasteiger partial charge in [0.05, 0.1) is 18.6 Å². The van der Waals surface area contributed by atoms with Gasteiger partial charge in [-0.2, -0.15) is 0 Å². The lowest BCUT2D eigenvalue weighted by Crippen LogP contribution is -2.46. The van der Waals surface area contributed by atoms with Crippen LogP contribution < -0.4 is 10.3 Å². The second kappa shape index (κ2) is 8.78. The van der Waals surface area contributed by atoms with Gasteiger partial charge in [0, 0.05) is 24.8 Å². The molecule has 1 aliphatic rings. The number of hydrogen-bond acceptors (Lipinski definition) is 4. The van der Waals surface area contributed by atoms with Crippen LogP contribution in [0.2, 0.25) is 0 Å². The van der Waals surface area contributed by atoms with E-state index in [0.717, 1.165) is 22.6 Å². The Morgan fingerprint density at radius 1 is 0.939 bits per heavy atom. The highest BCUT2D eigenvalue weighted by Crippen LogP contribution is 2.29. The van der Waals surface area contributed by atoms with E-state index in [1.54, 1.807) is 38.7 Å². The predicted molar refractivity (Wildman–Crippen MR) is 126 cm³/mol. The number of aryl methyl sites for hydroxylation is 1. The summed E-state index contributed by atoms with van der Waals surface area (Å²) in [5.74, 6) is 0.622. The average Bonchev–Trinajstić information content (AvgIpc) is 3.28. The van der Waals surface area contributed by atoms with Crippen molar-refractivity contribution in [3.63, 3.8) is 0 Å². The van der Waals surface area contributed by atoms with E-state index in [-0.39, 0.29) is 11.5 Å². The maximum Gasteiger partial charge on any atom is 0.275 e. The Balaban J connectivity index is 1.29. The zero-order valence-electron chi connectivity index (χ0n) is 18.3. The number of aromatic nitrogens is 3. The molecule has 0 radical (unpaired) electrons. The van der Waals surface area contributed by atoms with Crippen LogP contribution in [0.1, 0.15) is 16.2 Å². The first-order valence-corrected chi connectivity index (χ1v) is 10.9. The van der Waals surface area contributed by atoms with Gasteiger partial charge < -0.3 is 18.8 Å². The van der Waals surface area contributed by atoms with Gasteiger partial charge in [-0.25, -0.2) is 4.98 Å². The van der Waals surface area contributed by atoms with Crippen LogP contribution in [0.25, 0.3) is 16.8 Å². The summed E-state index contributed by atoms with van der Waals surface area (Å²) in [6.45, 7) is 3.59. The molecule has 1 amide bonds. The number of rotatable bonds is 6. The van der Waals surface area contributed by atoms with Crippen molar-refractivity contribution < 1.29 is 9.53 Å². The number of imidazole rings is 1. The zero-order chi connectivity index (χ0) is 22.8. The molecule has 0 spiro atoms. The number of ether oxygens (including phenoxy) is 1. The molecule has 0 bridgehead atoms. The number of pyridine rings is 1. The Labute approximate surface area is 191 Å². The van der Waals surface area contributed by atoms with E-state index in [2.05, 4.69) is 4.98 Å². The lowest BCUT2D eigenvalue weighted by molar-refractivity contribution is 0.0673. The second-order valence-corrected chi connectivity index (χ2v) is 7.99. The standard InChI is InChI=1S/C26H24N4O3/c1-19-17-29(18-27-19)22-11-12-23-25(31)28(13-14-30(23)26(22)32)15-16-33-24-10-6-5-9-21(24)20-7-3-2-4-8-20/h2-12,17-18H,13-16H2,1H3. The third kappa shape index (κ3) is 4.05. The average molecular weight is 441 g/mol. The first kappa shape index (κ1) is 20.8. The van der Waals surface area contributed by atoms with Crippen LogP contribution in [0.15, 0.2) is 84.0 Å². The Kier molecular flexibility index (Phi) is 5.52. The van der Waals surface area contributed by atoms with Crippen LogP contribution in [-0.4, -0.2) is 44.6 Å². The van der Waals surface area contributed by atoms with E-state index in [9.17, 15) is 9.59 Å². The van der Waals surface area contributed by atoms with Gasteiger partial charge in [-0.15, -0.1) is 0 Å². The predicted octanol–water partition coefficient (Wildman–Crippen LogP) is 3.54. The number of carbonyl (C=O) groups excluding carboxylic acids is 1. The van der Waals surface area contributed by atoms with Crippen molar-refractivity contribution in [3.05, 3.63) is 101 Å². The lowest BCUT2D eigenvalue weighted by Gasteiger charge is -2.29. The third-order valence-corrected chi connectivity index (χ3v) is 5.83. The summed E-state index contributed by atoms with van der Waals surface area (Å²) >= 11 is 0. The largest absolute Gasteiger partial charge is 0.491 e. The summed E-state index contributed by atoms with van der Waals surface area (Å²) in [5, 5.41) is 0. The van der Waals surface area contributed by atoms with Crippen molar-refractivity contribution in [1.82, 2.24) is 19.0 Å². The highest BCUT2D eigenvalue weighted by Gasteiger charge is 2.26. The lowest BCUT2D eigenvalue weighted by atomic mass is 10.1. The minimum absolute atomic E-state index is 0.161. The van der Waals surface area contributed by atoms with Crippen LogP contribution in [0.5, 0.6) is 5.75 Å². The SMILES string of the molecule is Cc1cn(-c2ccc3n(c2=O)CCN(CCOc2ccccc2-c2ccccc2)C3=O)cn1. The fourth-order valence-corrected chi connectivity index (χ4v) is 4.14. The Morgan fingerprint density at radius 3 is 2.52 bits per heavy atom. The van der Waals surface area contributed by atoms with Gasteiger partial charge in [0.1, 0.15) is 23.7 Å². The quantitative estimate of drug-likeness (QED) is 0.460. The highest BCUT2D eigenvalue weighted by molar-refractivity contribution is 5.93. The minimum Gasteiger partial charge on any atom is -0.491 e. The molecule has 0 fully saturated rings. The number of amides is 1. The first-order valence-electron chi connectivity index (χ1n) is 10.9. The van der Waals surface area contributed by atoms with Gasteiger partial charge in [0.25, 0.3) is 11.5 Å². The van der Waals surface area contributed by atoms with Crippen LogP contribution >= 0.6 is 0 Å². The molecular formula is C26H24N4O3. The molecule has 4 aromatic rings. The molecule has 7 nitrogen and oxygen atoms in total. The summed E-state index contributed by atoms with van der Waals surface area (Å²) in [6, 6.07) is 21.4. The summed E-state index contributed by atoms with van der Waals surface area (Å²) < 4.78 is 9.31. The highest BCUT2D eigenvalue weighted by atomic mass is 16.5. The molecule has 3 heterocycles. The maximum absolute atomic E-state index is 13.0. The fourth-order valence-electron chi connectivity index (χ4n) is 4.14. The maximum atomic E-state index is 13.0. The molecule has 5 rings (SSSR count). The molecule has 2 aromatic carbocycles. The molecule has 0 unspecified atom stereocenters. The van der Waals surface area contributed by atoms with Gasteiger partial charge in [-0.1, -0.05) is 48.5 Å². The van der Waals surface area contributed by atoms with Crippen molar-refractivity contribution in [3.8, 4) is 22.6 Å². The molecule has 0 N–H and O–H groups in total. The Bertz CT molecular complexity index is 1360. The smallest absolute Gasteiger partial charge is 0.275 e.